The Hall–Kier alpha value is -1.42. The first kappa shape index (κ1) is 12.6. The molecule has 0 radical (unpaired) electrons. The van der Waals surface area contributed by atoms with Gasteiger partial charge in [0, 0.05) is 23.5 Å². The topological polar surface area (TPSA) is 56.7 Å². The maximum Gasteiger partial charge on any atom is 0.144 e. The predicted molar refractivity (Wildman–Crippen MR) is 77.4 cm³/mol. The van der Waals surface area contributed by atoms with Crippen molar-refractivity contribution in [3.8, 4) is 0 Å². The summed E-state index contributed by atoms with van der Waals surface area (Å²) in [5.74, 6) is 1.31. The molecule has 102 valence electrons. The molecule has 2 heterocycles. The van der Waals surface area contributed by atoms with E-state index in [2.05, 4.69) is 36.5 Å². The lowest BCUT2D eigenvalue weighted by atomic mass is 10.1. The van der Waals surface area contributed by atoms with E-state index in [1.165, 1.54) is 23.8 Å². The summed E-state index contributed by atoms with van der Waals surface area (Å²) in [7, 11) is 0. The lowest BCUT2D eigenvalue weighted by Gasteiger charge is -2.08. The highest BCUT2D eigenvalue weighted by atomic mass is 15.1. The fourth-order valence-corrected chi connectivity index (χ4v) is 2.67. The molecular weight excluding hydrogens is 236 g/mol. The second-order valence-corrected chi connectivity index (χ2v) is 5.85. The first-order valence-corrected chi connectivity index (χ1v) is 7.19. The van der Waals surface area contributed by atoms with Crippen LogP contribution in [0.2, 0.25) is 0 Å². The van der Waals surface area contributed by atoms with E-state index in [0.717, 1.165) is 23.6 Å². The molecule has 1 saturated carbocycles. The van der Waals surface area contributed by atoms with Gasteiger partial charge in [-0.25, -0.2) is 9.97 Å². The van der Waals surface area contributed by atoms with Gasteiger partial charge in [0.05, 0.1) is 5.69 Å². The molecule has 0 atom stereocenters. The molecule has 0 bridgehead atoms. The van der Waals surface area contributed by atoms with Gasteiger partial charge in [0.25, 0.3) is 0 Å². The van der Waals surface area contributed by atoms with Gasteiger partial charge < -0.3 is 10.3 Å². The molecule has 19 heavy (non-hydrogen) atoms. The SMILES string of the molecule is Cc1nc(C(C)C)nc2c1c(CCN)cn2C1CC1. The Morgan fingerprint density at radius 3 is 2.68 bits per heavy atom. The van der Waals surface area contributed by atoms with Crippen molar-refractivity contribution in [2.45, 2.75) is 52.0 Å². The zero-order valence-electron chi connectivity index (χ0n) is 12.0. The van der Waals surface area contributed by atoms with Gasteiger partial charge in [-0.2, -0.15) is 0 Å². The van der Waals surface area contributed by atoms with Crippen LogP contribution in [-0.4, -0.2) is 21.1 Å². The minimum absolute atomic E-state index is 0.364. The zero-order valence-corrected chi connectivity index (χ0v) is 12.0. The third-order valence-corrected chi connectivity index (χ3v) is 3.82. The van der Waals surface area contributed by atoms with Crippen LogP contribution in [0.15, 0.2) is 6.20 Å². The quantitative estimate of drug-likeness (QED) is 0.917. The molecule has 2 aromatic rings. The molecule has 0 aliphatic heterocycles. The van der Waals surface area contributed by atoms with Crippen LogP contribution in [0.1, 0.15) is 55.7 Å². The lowest BCUT2D eigenvalue weighted by molar-refractivity contribution is 0.736. The van der Waals surface area contributed by atoms with Gasteiger partial charge in [0.15, 0.2) is 0 Å². The highest BCUT2D eigenvalue weighted by molar-refractivity contribution is 5.83. The number of hydrogen-bond donors (Lipinski definition) is 1. The van der Waals surface area contributed by atoms with E-state index in [-0.39, 0.29) is 0 Å². The van der Waals surface area contributed by atoms with Gasteiger partial charge in [-0.15, -0.1) is 0 Å². The van der Waals surface area contributed by atoms with E-state index in [9.17, 15) is 0 Å². The van der Waals surface area contributed by atoms with Crippen LogP contribution in [0.4, 0.5) is 0 Å². The molecule has 0 unspecified atom stereocenters. The van der Waals surface area contributed by atoms with E-state index >= 15 is 0 Å². The van der Waals surface area contributed by atoms with Gasteiger partial charge in [0.1, 0.15) is 11.5 Å². The largest absolute Gasteiger partial charge is 0.330 e. The number of rotatable bonds is 4. The Balaban J connectivity index is 2.24. The summed E-state index contributed by atoms with van der Waals surface area (Å²) < 4.78 is 2.35. The molecular formula is C15H22N4. The Bertz CT molecular complexity index is 608. The third-order valence-electron chi connectivity index (χ3n) is 3.82. The van der Waals surface area contributed by atoms with Crippen LogP contribution in [0.5, 0.6) is 0 Å². The summed E-state index contributed by atoms with van der Waals surface area (Å²) in [4.78, 5) is 9.48. The summed E-state index contributed by atoms with van der Waals surface area (Å²) in [5.41, 5.74) is 9.24. The van der Waals surface area contributed by atoms with Gasteiger partial charge in [-0.05, 0) is 38.3 Å². The number of nitrogens with zero attached hydrogens (tertiary/aromatic N) is 3. The van der Waals surface area contributed by atoms with Crippen molar-refractivity contribution < 1.29 is 0 Å². The van der Waals surface area contributed by atoms with Crippen molar-refractivity contribution in [3.63, 3.8) is 0 Å². The fourth-order valence-electron chi connectivity index (χ4n) is 2.67. The van der Waals surface area contributed by atoms with Gasteiger partial charge in [0.2, 0.25) is 0 Å². The van der Waals surface area contributed by atoms with E-state index in [1.807, 2.05) is 0 Å². The highest BCUT2D eigenvalue weighted by Crippen LogP contribution is 2.39. The number of hydrogen-bond acceptors (Lipinski definition) is 3. The molecule has 0 aromatic carbocycles. The Morgan fingerprint density at radius 1 is 1.37 bits per heavy atom. The summed E-state index contributed by atoms with van der Waals surface area (Å²) in [6.07, 6.45) is 5.69. The Morgan fingerprint density at radius 2 is 2.11 bits per heavy atom. The normalized spacial score (nSPS) is 15.6. The molecule has 2 N–H and O–H groups in total. The number of fused-ring (bicyclic) bond motifs is 1. The Kier molecular flexibility index (Phi) is 3.05. The van der Waals surface area contributed by atoms with Crippen molar-refractivity contribution in [2.24, 2.45) is 5.73 Å². The highest BCUT2D eigenvalue weighted by Gasteiger charge is 2.27. The van der Waals surface area contributed by atoms with Crippen molar-refractivity contribution in [2.75, 3.05) is 6.54 Å². The van der Waals surface area contributed by atoms with Crippen LogP contribution in [0, 0.1) is 6.92 Å². The van der Waals surface area contributed by atoms with E-state index < -0.39 is 0 Å². The fraction of sp³-hybridized carbons (Fsp3) is 0.600. The first-order chi connectivity index (χ1) is 9.11. The average molecular weight is 258 g/mol. The van der Waals surface area contributed by atoms with Gasteiger partial charge in [-0.1, -0.05) is 13.8 Å². The van der Waals surface area contributed by atoms with Gasteiger partial charge in [-0.3, -0.25) is 0 Å². The molecule has 3 rings (SSSR count). The first-order valence-electron chi connectivity index (χ1n) is 7.19. The second kappa shape index (κ2) is 4.60. The monoisotopic (exact) mass is 258 g/mol. The molecule has 0 saturated heterocycles. The molecule has 4 nitrogen and oxygen atoms in total. The van der Waals surface area contributed by atoms with Gasteiger partial charge >= 0.3 is 0 Å². The average Bonchev–Trinajstić information content (AvgIpc) is 3.13. The summed E-state index contributed by atoms with van der Waals surface area (Å²) >= 11 is 0. The van der Waals surface area contributed by atoms with E-state index in [0.29, 0.717) is 18.5 Å². The number of aromatic nitrogens is 3. The van der Waals surface area contributed by atoms with E-state index in [4.69, 9.17) is 10.7 Å². The summed E-state index contributed by atoms with van der Waals surface area (Å²) in [6.45, 7) is 7.06. The Labute approximate surface area is 114 Å². The van der Waals surface area contributed by atoms with Crippen LogP contribution in [0.3, 0.4) is 0 Å². The van der Waals surface area contributed by atoms with Crippen LogP contribution >= 0.6 is 0 Å². The van der Waals surface area contributed by atoms with Crippen molar-refractivity contribution >= 4 is 11.0 Å². The number of nitrogens with two attached hydrogens (primary N) is 1. The maximum atomic E-state index is 5.73. The van der Waals surface area contributed by atoms with Crippen molar-refractivity contribution in [1.82, 2.24) is 14.5 Å². The van der Waals surface area contributed by atoms with Crippen molar-refractivity contribution in [3.05, 3.63) is 23.3 Å². The molecule has 0 amide bonds. The smallest absolute Gasteiger partial charge is 0.144 e. The minimum atomic E-state index is 0.364. The van der Waals surface area contributed by atoms with Crippen LogP contribution < -0.4 is 5.73 Å². The third kappa shape index (κ3) is 2.14. The predicted octanol–water partition coefficient (Wildman–Crippen LogP) is 2.70. The maximum absolute atomic E-state index is 5.73. The minimum Gasteiger partial charge on any atom is -0.330 e. The summed E-state index contributed by atoms with van der Waals surface area (Å²) in [6, 6.07) is 0.642. The zero-order chi connectivity index (χ0) is 13.6. The van der Waals surface area contributed by atoms with E-state index in [1.54, 1.807) is 0 Å². The molecule has 1 aliphatic rings. The number of aryl methyl sites for hydroxylation is 1. The standard InChI is InChI=1S/C15H22N4/c1-9(2)14-17-10(3)13-11(6-7-16)8-19(12-4-5-12)15(13)18-14/h8-9,12H,4-7,16H2,1-3H3. The summed E-state index contributed by atoms with van der Waals surface area (Å²) in [5, 5.41) is 1.22. The van der Waals surface area contributed by atoms with Crippen LogP contribution in [0.25, 0.3) is 11.0 Å². The molecule has 1 aliphatic carbocycles. The van der Waals surface area contributed by atoms with Crippen molar-refractivity contribution in [1.29, 1.82) is 0 Å². The second-order valence-electron chi connectivity index (χ2n) is 5.85. The molecule has 4 heteroatoms. The molecule has 1 fully saturated rings. The lowest BCUT2D eigenvalue weighted by Crippen LogP contribution is -2.04. The molecule has 2 aromatic heterocycles. The van der Waals surface area contributed by atoms with Crippen LogP contribution in [-0.2, 0) is 6.42 Å². The molecule has 0 spiro atoms.